The Morgan fingerprint density at radius 1 is 1.44 bits per heavy atom. The van der Waals surface area contributed by atoms with E-state index in [0.29, 0.717) is 13.1 Å². The number of aliphatic hydroxyl groups is 1. The predicted octanol–water partition coefficient (Wildman–Crippen LogP) is 1.97. The molecule has 0 aliphatic carbocycles. The van der Waals surface area contributed by atoms with Gasteiger partial charge in [0.1, 0.15) is 0 Å². The lowest BCUT2D eigenvalue weighted by Crippen LogP contribution is -2.44. The van der Waals surface area contributed by atoms with Crippen molar-refractivity contribution in [3.05, 3.63) is 22.4 Å². The van der Waals surface area contributed by atoms with Crippen molar-refractivity contribution in [3.63, 3.8) is 0 Å². The van der Waals surface area contributed by atoms with Gasteiger partial charge in [0.15, 0.2) is 0 Å². The van der Waals surface area contributed by atoms with Crippen LogP contribution < -0.4 is 5.32 Å². The average Bonchev–Trinajstić information content (AvgIpc) is 2.75. The molecule has 1 aromatic heterocycles. The van der Waals surface area contributed by atoms with Crippen LogP contribution in [0.1, 0.15) is 25.6 Å². The molecule has 1 unspecified atom stereocenters. The number of hydrogen-bond donors (Lipinski definition) is 2. The Morgan fingerprint density at radius 2 is 2.17 bits per heavy atom. The molecule has 1 aromatic rings. The Balaban J connectivity index is 2.17. The summed E-state index contributed by atoms with van der Waals surface area (Å²) in [5.41, 5.74) is 0.0660. The van der Waals surface area contributed by atoms with Crippen LogP contribution in [0, 0.1) is 0 Å². The Morgan fingerprint density at radius 3 is 2.72 bits per heavy atom. The van der Waals surface area contributed by atoms with E-state index < -0.39 is 0 Å². The van der Waals surface area contributed by atoms with Crippen LogP contribution in [0.3, 0.4) is 0 Å². The molecule has 0 amide bonds. The first-order valence-corrected chi connectivity index (χ1v) is 7.39. The highest BCUT2D eigenvalue weighted by molar-refractivity contribution is 7.09. The van der Waals surface area contributed by atoms with Crippen molar-refractivity contribution in [2.75, 3.05) is 26.7 Å². The van der Waals surface area contributed by atoms with E-state index in [0.717, 1.165) is 13.0 Å². The minimum absolute atomic E-state index is 0.0660. The third-order valence-corrected chi connectivity index (χ3v) is 3.65. The number of thiophene rings is 1. The molecule has 1 heterocycles. The summed E-state index contributed by atoms with van der Waals surface area (Å²) in [6.07, 6.45) is 0.755. The van der Waals surface area contributed by atoms with Crippen LogP contribution in [-0.4, -0.2) is 48.3 Å². The molecule has 0 saturated carbocycles. The van der Waals surface area contributed by atoms with Gasteiger partial charge in [0.25, 0.3) is 0 Å². The lowest BCUT2D eigenvalue weighted by atomic mass is 10.1. The molecule has 2 N–H and O–H groups in total. The first kappa shape index (κ1) is 15.6. The Labute approximate surface area is 115 Å². The van der Waals surface area contributed by atoms with Gasteiger partial charge in [0, 0.05) is 30.1 Å². The van der Waals surface area contributed by atoms with Gasteiger partial charge >= 0.3 is 0 Å². The normalized spacial score (nSPS) is 14.1. The van der Waals surface area contributed by atoms with Crippen LogP contribution in [-0.2, 0) is 6.42 Å². The van der Waals surface area contributed by atoms with Crippen LogP contribution >= 0.6 is 11.3 Å². The van der Waals surface area contributed by atoms with Gasteiger partial charge in [0.2, 0.25) is 0 Å². The Bertz CT molecular complexity index is 319. The Kier molecular flexibility index (Phi) is 6.29. The van der Waals surface area contributed by atoms with E-state index >= 15 is 0 Å². The first-order valence-electron chi connectivity index (χ1n) is 6.51. The second-order valence-electron chi connectivity index (χ2n) is 5.88. The highest BCUT2D eigenvalue weighted by Crippen LogP contribution is 2.09. The molecule has 0 spiro atoms. The number of nitrogens with zero attached hydrogens (tertiary/aromatic N) is 1. The molecule has 0 fully saturated rings. The van der Waals surface area contributed by atoms with Crippen molar-refractivity contribution in [1.29, 1.82) is 0 Å². The van der Waals surface area contributed by atoms with Gasteiger partial charge in [-0.3, -0.25) is 0 Å². The van der Waals surface area contributed by atoms with Gasteiger partial charge in [-0.2, -0.15) is 0 Å². The smallest absolute Gasteiger partial charge is 0.0791 e. The zero-order valence-electron chi connectivity index (χ0n) is 11.9. The maximum atomic E-state index is 9.94. The van der Waals surface area contributed by atoms with Crippen molar-refractivity contribution in [3.8, 4) is 0 Å². The molecule has 0 bridgehead atoms. The Hall–Kier alpha value is -0.420. The summed E-state index contributed by atoms with van der Waals surface area (Å²) < 4.78 is 0. The van der Waals surface area contributed by atoms with Crippen LogP contribution in [0.15, 0.2) is 17.5 Å². The lowest BCUT2D eigenvalue weighted by molar-refractivity contribution is 0.117. The molecule has 104 valence electrons. The van der Waals surface area contributed by atoms with E-state index in [1.807, 2.05) is 0 Å². The number of likely N-dealkylation sites (N-methyl/N-ethyl adjacent to an activating group) is 1. The summed E-state index contributed by atoms with van der Waals surface area (Å²) in [6.45, 7) is 8.69. The van der Waals surface area contributed by atoms with Crippen molar-refractivity contribution in [2.24, 2.45) is 0 Å². The first-order chi connectivity index (χ1) is 8.37. The number of β-amino-alcohol motifs (C(OH)–C–C–N with tert-alkyl or cyclic N) is 1. The van der Waals surface area contributed by atoms with Gasteiger partial charge < -0.3 is 15.3 Å². The summed E-state index contributed by atoms with van der Waals surface area (Å²) in [4.78, 5) is 3.60. The topological polar surface area (TPSA) is 35.5 Å². The van der Waals surface area contributed by atoms with E-state index in [-0.39, 0.29) is 11.6 Å². The number of rotatable bonds is 7. The SMILES string of the molecule is CN(CCc1cccs1)CC(O)CNC(C)(C)C. The summed E-state index contributed by atoms with van der Waals surface area (Å²) in [5, 5.41) is 15.4. The van der Waals surface area contributed by atoms with Crippen LogP contribution in [0.2, 0.25) is 0 Å². The number of hydrogen-bond acceptors (Lipinski definition) is 4. The number of aliphatic hydroxyl groups excluding tert-OH is 1. The molecule has 0 radical (unpaired) electrons. The fourth-order valence-corrected chi connectivity index (χ4v) is 2.39. The fourth-order valence-electron chi connectivity index (χ4n) is 1.70. The molecule has 3 nitrogen and oxygen atoms in total. The number of nitrogens with one attached hydrogen (secondary N) is 1. The fraction of sp³-hybridized carbons (Fsp3) is 0.714. The molecule has 0 aromatic carbocycles. The van der Waals surface area contributed by atoms with Crippen LogP contribution in [0.25, 0.3) is 0 Å². The highest BCUT2D eigenvalue weighted by atomic mass is 32.1. The van der Waals surface area contributed by atoms with Gasteiger partial charge in [-0.1, -0.05) is 6.07 Å². The molecule has 0 aliphatic rings. The minimum atomic E-state index is -0.308. The summed E-state index contributed by atoms with van der Waals surface area (Å²) in [6, 6.07) is 4.25. The molecule has 1 rings (SSSR count). The van der Waals surface area contributed by atoms with E-state index in [2.05, 4.69) is 55.5 Å². The summed E-state index contributed by atoms with van der Waals surface area (Å²) in [5.74, 6) is 0. The zero-order chi connectivity index (χ0) is 13.6. The molecule has 0 saturated heterocycles. The maximum Gasteiger partial charge on any atom is 0.0791 e. The third kappa shape index (κ3) is 7.11. The molecule has 0 aliphatic heterocycles. The van der Waals surface area contributed by atoms with Crippen molar-refractivity contribution in [1.82, 2.24) is 10.2 Å². The van der Waals surface area contributed by atoms with Crippen LogP contribution in [0.5, 0.6) is 0 Å². The van der Waals surface area contributed by atoms with E-state index in [1.54, 1.807) is 11.3 Å². The molecule has 1 atom stereocenters. The molecule has 18 heavy (non-hydrogen) atoms. The van der Waals surface area contributed by atoms with Gasteiger partial charge in [-0.05, 0) is 45.7 Å². The maximum absolute atomic E-state index is 9.94. The minimum Gasteiger partial charge on any atom is -0.390 e. The average molecular weight is 270 g/mol. The largest absolute Gasteiger partial charge is 0.390 e. The molecular formula is C14H26N2OS. The lowest BCUT2D eigenvalue weighted by Gasteiger charge is -2.25. The standard InChI is InChI=1S/C14H26N2OS/c1-14(2,3)15-10-12(17)11-16(4)8-7-13-6-5-9-18-13/h5-6,9,12,15,17H,7-8,10-11H2,1-4H3. The van der Waals surface area contributed by atoms with Crippen molar-refractivity contribution in [2.45, 2.75) is 38.8 Å². The third-order valence-electron chi connectivity index (χ3n) is 2.71. The van der Waals surface area contributed by atoms with E-state index in [4.69, 9.17) is 0 Å². The molecule has 4 heteroatoms. The zero-order valence-corrected chi connectivity index (χ0v) is 12.8. The second kappa shape index (κ2) is 7.24. The van der Waals surface area contributed by atoms with Crippen molar-refractivity contribution >= 4 is 11.3 Å². The van der Waals surface area contributed by atoms with E-state index in [9.17, 15) is 5.11 Å². The highest BCUT2D eigenvalue weighted by Gasteiger charge is 2.13. The summed E-state index contributed by atoms with van der Waals surface area (Å²) >= 11 is 1.80. The predicted molar refractivity (Wildman–Crippen MR) is 79.3 cm³/mol. The quantitative estimate of drug-likeness (QED) is 0.795. The van der Waals surface area contributed by atoms with E-state index in [1.165, 1.54) is 4.88 Å². The summed E-state index contributed by atoms with van der Waals surface area (Å²) in [7, 11) is 2.06. The monoisotopic (exact) mass is 270 g/mol. The van der Waals surface area contributed by atoms with Gasteiger partial charge in [-0.25, -0.2) is 0 Å². The second-order valence-corrected chi connectivity index (χ2v) is 6.91. The molecular weight excluding hydrogens is 244 g/mol. The van der Waals surface area contributed by atoms with Gasteiger partial charge in [-0.15, -0.1) is 11.3 Å². The van der Waals surface area contributed by atoms with Crippen molar-refractivity contribution < 1.29 is 5.11 Å². The van der Waals surface area contributed by atoms with Crippen LogP contribution in [0.4, 0.5) is 0 Å². The van der Waals surface area contributed by atoms with Gasteiger partial charge in [0.05, 0.1) is 6.10 Å².